The van der Waals surface area contributed by atoms with Gasteiger partial charge in [-0.1, -0.05) is 6.07 Å². The maximum Gasteiger partial charge on any atom is 0.416 e. The van der Waals surface area contributed by atoms with E-state index in [0.717, 1.165) is 12.1 Å². The van der Waals surface area contributed by atoms with E-state index in [1.54, 1.807) is 0 Å². The molecular weight excluding hydrogens is 261 g/mol. The van der Waals surface area contributed by atoms with E-state index in [2.05, 4.69) is 0 Å². The number of alkyl halides is 3. The summed E-state index contributed by atoms with van der Waals surface area (Å²) in [5.74, 6) is 0.584. The number of halogens is 3. The molecule has 0 N–H and O–H groups in total. The molecule has 1 aromatic heterocycles. The van der Waals surface area contributed by atoms with Gasteiger partial charge in [-0.3, -0.25) is 4.79 Å². The summed E-state index contributed by atoms with van der Waals surface area (Å²) in [6.45, 7) is -0.0465. The molecule has 0 fully saturated rings. The highest BCUT2D eigenvalue weighted by molar-refractivity contribution is 5.70. The summed E-state index contributed by atoms with van der Waals surface area (Å²) >= 11 is 0. The van der Waals surface area contributed by atoms with Gasteiger partial charge < -0.3 is 9.15 Å². The monoisotopic (exact) mass is 270 g/mol. The summed E-state index contributed by atoms with van der Waals surface area (Å²) in [5.41, 5.74) is -0.780. The molecule has 6 heteroatoms. The van der Waals surface area contributed by atoms with Crippen LogP contribution in [0.3, 0.4) is 0 Å². The average molecular weight is 270 g/mol. The number of carbonyl (C=O) groups excluding carboxylic acids is 1. The van der Waals surface area contributed by atoms with E-state index in [1.807, 2.05) is 0 Å². The minimum atomic E-state index is -4.41. The van der Waals surface area contributed by atoms with Crippen molar-refractivity contribution in [1.29, 1.82) is 0 Å². The largest absolute Gasteiger partial charge is 0.486 e. The zero-order valence-corrected chi connectivity index (χ0v) is 9.61. The second kappa shape index (κ2) is 5.17. The molecule has 2 rings (SSSR count). The van der Waals surface area contributed by atoms with E-state index in [4.69, 9.17) is 9.15 Å². The summed E-state index contributed by atoms with van der Waals surface area (Å²) in [6.07, 6.45) is -3.87. The summed E-state index contributed by atoms with van der Waals surface area (Å²) in [7, 11) is 0. The van der Waals surface area contributed by atoms with Gasteiger partial charge in [-0.15, -0.1) is 0 Å². The molecule has 19 heavy (non-hydrogen) atoms. The molecule has 0 saturated carbocycles. The molecule has 0 radical (unpaired) electrons. The number of furan rings is 1. The van der Waals surface area contributed by atoms with Gasteiger partial charge in [0, 0.05) is 0 Å². The third-order valence-corrected chi connectivity index (χ3v) is 2.34. The molecule has 0 aliphatic rings. The van der Waals surface area contributed by atoms with Crippen molar-refractivity contribution in [3.8, 4) is 5.75 Å². The molecular formula is C13H9F3O3. The lowest BCUT2D eigenvalue weighted by Gasteiger charge is -2.09. The Hall–Kier alpha value is -2.24. The highest BCUT2D eigenvalue weighted by Crippen LogP contribution is 2.31. The second-order valence-electron chi connectivity index (χ2n) is 3.74. The molecule has 0 bridgehead atoms. The number of ether oxygens (including phenoxy) is 1. The van der Waals surface area contributed by atoms with Gasteiger partial charge >= 0.3 is 6.18 Å². The van der Waals surface area contributed by atoms with Crippen molar-refractivity contribution in [3.05, 3.63) is 53.5 Å². The molecule has 0 saturated heterocycles. The number of rotatable bonds is 4. The number of carbonyl (C=O) groups is 1. The summed E-state index contributed by atoms with van der Waals surface area (Å²) in [5, 5.41) is 0. The van der Waals surface area contributed by atoms with Gasteiger partial charge in [-0.05, 0) is 30.3 Å². The van der Waals surface area contributed by atoms with E-state index in [0.29, 0.717) is 12.0 Å². The van der Waals surface area contributed by atoms with Crippen LogP contribution in [0.4, 0.5) is 13.2 Å². The van der Waals surface area contributed by atoms with Gasteiger partial charge in [0.2, 0.25) is 0 Å². The Morgan fingerprint density at radius 1 is 1.21 bits per heavy atom. The van der Waals surface area contributed by atoms with E-state index < -0.39 is 11.7 Å². The molecule has 0 atom stereocenters. The topological polar surface area (TPSA) is 39.4 Å². The van der Waals surface area contributed by atoms with Crippen LogP contribution in [-0.4, -0.2) is 6.29 Å². The third-order valence-electron chi connectivity index (χ3n) is 2.34. The van der Waals surface area contributed by atoms with Crippen molar-refractivity contribution < 1.29 is 27.1 Å². The van der Waals surface area contributed by atoms with Crippen LogP contribution in [0.25, 0.3) is 0 Å². The molecule has 0 aliphatic heterocycles. The van der Waals surface area contributed by atoms with E-state index >= 15 is 0 Å². The quantitative estimate of drug-likeness (QED) is 0.795. The molecule has 0 aliphatic carbocycles. The van der Waals surface area contributed by atoms with Crippen molar-refractivity contribution in [2.45, 2.75) is 12.8 Å². The molecule has 1 aromatic carbocycles. The average Bonchev–Trinajstić information content (AvgIpc) is 2.84. The van der Waals surface area contributed by atoms with Crippen molar-refractivity contribution in [3.63, 3.8) is 0 Å². The Balaban J connectivity index is 2.05. The van der Waals surface area contributed by atoms with E-state index in [1.165, 1.54) is 24.3 Å². The van der Waals surface area contributed by atoms with Crippen molar-refractivity contribution in [1.82, 2.24) is 0 Å². The van der Waals surface area contributed by atoms with Crippen LogP contribution in [-0.2, 0) is 12.8 Å². The minimum absolute atomic E-state index is 0.0465. The fraction of sp³-hybridized carbons (Fsp3) is 0.154. The lowest BCUT2D eigenvalue weighted by molar-refractivity contribution is -0.137. The van der Waals surface area contributed by atoms with Crippen LogP contribution in [0.15, 0.2) is 40.8 Å². The molecule has 0 spiro atoms. The number of hydrogen-bond acceptors (Lipinski definition) is 3. The molecule has 0 unspecified atom stereocenters. The van der Waals surface area contributed by atoms with Crippen molar-refractivity contribution >= 4 is 6.29 Å². The fourth-order valence-corrected chi connectivity index (χ4v) is 1.45. The number of aldehydes is 1. The van der Waals surface area contributed by atoms with Gasteiger partial charge in [0.1, 0.15) is 18.1 Å². The van der Waals surface area contributed by atoms with E-state index in [9.17, 15) is 18.0 Å². The molecule has 3 nitrogen and oxygen atoms in total. The van der Waals surface area contributed by atoms with Gasteiger partial charge in [0.15, 0.2) is 12.0 Å². The number of benzene rings is 1. The molecule has 2 aromatic rings. The van der Waals surface area contributed by atoms with Gasteiger partial charge in [-0.2, -0.15) is 13.2 Å². The normalized spacial score (nSPS) is 11.3. The molecule has 100 valence electrons. The minimum Gasteiger partial charge on any atom is -0.486 e. The van der Waals surface area contributed by atoms with E-state index in [-0.39, 0.29) is 18.1 Å². The SMILES string of the molecule is O=Cc1ccc(COc2cccc(C(F)(F)F)c2)o1. The Kier molecular flexibility index (Phi) is 3.59. The summed E-state index contributed by atoms with van der Waals surface area (Å²) < 4.78 is 47.6. The molecule has 0 amide bonds. The van der Waals surface area contributed by atoms with Crippen molar-refractivity contribution in [2.75, 3.05) is 0 Å². The Morgan fingerprint density at radius 3 is 2.63 bits per heavy atom. The lowest BCUT2D eigenvalue weighted by Crippen LogP contribution is -2.05. The Morgan fingerprint density at radius 2 is 2.00 bits per heavy atom. The van der Waals surface area contributed by atoms with Crippen LogP contribution in [0, 0.1) is 0 Å². The molecule has 1 heterocycles. The highest BCUT2D eigenvalue weighted by atomic mass is 19.4. The summed E-state index contributed by atoms with van der Waals surface area (Å²) in [4.78, 5) is 10.4. The first kappa shape index (κ1) is 13.2. The van der Waals surface area contributed by atoms with Gasteiger partial charge in [0.05, 0.1) is 5.56 Å². The Labute approximate surface area is 106 Å². The zero-order valence-electron chi connectivity index (χ0n) is 9.61. The third kappa shape index (κ3) is 3.37. The first-order valence-corrected chi connectivity index (χ1v) is 5.33. The van der Waals surface area contributed by atoms with Gasteiger partial charge in [-0.25, -0.2) is 0 Å². The Bertz CT molecular complexity index is 573. The zero-order chi connectivity index (χ0) is 13.9. The summed E-state index contributed by atoms with van der Waals surface area (Å²) in [6, 6.07) is 7.53. The fourth-order valence-electron chi connectivity index (χ4n) is 1.45. The highest BCUT2D eigenvalue weighted by Gasteiger charge is 2.30. The predicted octanol–water partition coefficient (Wildman–Crippen LogP) is 3.69. The van der Waals surface area contributed by atoms with Crippen LogP contribution in [0.2, 0.25) is 0 Å². The smallest absolute Gasteiger partial charge is 0.416 e. The number of hydrogen-bond donors (Lipinski definition) is 0. The maximum atomic E-state index is 12.5. The van der Waals surface area contributed by atoms with Crippen LogP contribution < -0.4 is 4.74 Å². The first-order chi connectivity index (χ1) is 8.99. The van der Waals surface area contributed by atoms with Crippen molar-refractivity contribution in [2.24, 2.45) is 0 Å². The van der Waals surface area contributed by atoms with Crippen LogP contribution >= 0.6 is 0 Å². The van der Waals surface area contributed by atoms with Crippen LogP contribution in [0.1, 0.15) is 21.9 Å². The first-order valence-electron chi connectivity index (χ1n) is 5.33. The van der Waals surface area contributed by atoms with Crippen LogP contribution in [0.5, 0.6) is 5.75 Å². The van der Waals surface area contributed by atoms with Gasteiger partial charge in [0.25, 0.3) is 0 Å². The standard InChI is InChI=1S/C13H9F3O3/c14-13(15,16)9-2-1-3-10(6-9)18-8-12-5-4-11(7-17)19-12/h1-7H,8H2. The lowest BCUT2D eigenvalue weighted by atomic mass is 10.2. The predicted molar refractivity (Wildman–Crippen MR) is 59.9 cm³/mol. The second-order valence-corrected chi connectivity index (χ2v) is 3.74. The maximum absolute atomic E-state index is 12.5.